The van der Waals surface area contributed by atoms with Gasteiger partial charge in [-0.1, -0.05) is 12.8 Å². The normalized spacial score (nSPS) is 19.5. The molecule has 1 aromatic rings. The third kappa shape index (κ3) is 4.23. The van der Waals surface area contributed by atoms with Crippen molar-refractivity contribution in [2.24, 2.45) is 11.8 Å². The molecule has 8 heteroatoms. The van der Waals surface area contributed by atoms with Crippen molar-refractivity contribution in [3.05, 3.63) is 16.1 Å². The van der Waals surface area contributed by atoms with Crippen LogP contribution in [0.1, 0.15) is 36.0 Å². The lowest BCUT2D eigenvalue weighted by Gasteiger charge is -2.28. The number of carboxylic acid groups (broad SMARTS) is 1. The summed E-state index contributed by atoms with van der Waals surface area (Å²) in [4.78, 5) is 24.1. The van der Waals surface area contributed by atoms with Crippen LogP contribution in [0.3, 0.4) is 0 Å². The SMILES string of the molecule is COc1cc(C(=O)NC[C@@H]2CCCC[C@@H]2C(=O)O)c(Br)c(OC)c1OC. The van der Waals surface area contributed by atoms with Crippen molar-refractivity contribution in [2.75, 3.05) is 27.9 Å². The van der Waals surface area contributed by atoms with Gasteiger partial charge in [-0.05, 0) is 40.8 Å². The highest BCUT2D eigenvalue weighted by Crippen LogP contribution is 2.44. The van der Waals surface area contributed by atoms with Crippen LogP contribution in [0.5, 0.6) is 17.2 Å². The van der Waals surface area contributed by atoms with E-state index in [1.54, 1.807) is 6.07 Å². The van der Waals surface area contributed by atoms with Crippen LogP contribution in [-0.4, -0.2) is 44.9 Å². The number of benzene rings is 1. The van der Waals surface area contributed by atoms with E-state index in [9.17, 15) is 14.7 Å². The Labute approximate surface area is 161 Å². The molecule has 0 spiro atoms. The summed E-state index contributed by atoms with van der Waals surface area (Å²) in [5.41, 5.74) is 0.335. The number of hydrogen-bond donors (Lipinski definition) is 2. The van der Waals surface area contributed by atoms with E-state index in [4.69, 9.17) is 14.2 Å². The first-order valence-electron chi connectivity index (χ1n) is 8.44. The summed E-state index contributed by atoms with van der Waals surface area (Å²) in [6, 6.07) is 1.57. The largest absolute Gasteiger partial charge is 0.493 e. The Balaban J connectivity index is 2.20. The molecule has 1 aliphatic carbocycles. The van der Waals surface area contributed by atoms with E-state index >= 15 is 0 Å². The number of halogens is 1. The first-order valence-corrected chi connectivity index (χ1v) is 9.23. The Bertz CT molecular complexity index is 678. The predicted molar refractivity (Wildman–Crippen MR) is 99.2 cm³/mol. The van der Waals surface area contributed by atoms with Gasteiger partial charge >= 0.3 is 5.97 Å². The lowest BCUT2D eigenvalue weighted by Crippen LogP contribution is -2.37. The molecule has 7 nitrogen and oxygen atoms in total. The number of carbonyl (C=O) groups excluding carboxylic acids is 1. The van der Waals surface area contributed by atoms with Crippen molar-refractivity contribution in [1.29, 1.82) is 0 Å². The molecule has 0 saturated heterocycles. The zero-order chi connectivity index (χ0) is 19.3. The van der Waals surface area contributed by atoms with E-state index in [0.29, 0.717) is 40.3 Å². The molecule has 2 N–H and O–H groups in total. The van der Waals surface area contributed by atoms with E-state index < -0.39 is 11.9 Å². The predicted octanol–water partition coefficient (Wildman–Crippen LogP) is 3.10. The fraction of sp³-hybridized carbons (Fsp3) is 0.556. The van der Waals surface area contributed by atoms with Crippen LogP contribution in [0.4, 0.5) is 0 Å². The summed E-state index contributed by atoms with van der Waals surface area (Å²) in [6.07, 6.45) is 3.36. The molecule has 2 rings (SSSR count). The Morgan fingerprint density at radius 1 is 1.15 bits per heavy atom. The second-order valence-corrected chi connectivity index (χ2v) is 7.00. The monoisotopic (exact) mass is 429 g/mol. The standard InChI is InChI=1S/C18H24BrNO6/c1-24-13-8-12(14(19)16(26-3)15(13)25-2)17(21)20-9-10-6-4-5-7-11(10)18(22)23/h8,10-11H,4-7,9H2,1-3H3,(H,20,21)(H,22,23)/t10-,11-/m0/s1. The van der Waals surface area contributed by atoms with E-state index in [1.165, 1.54) is 21.3 Å². The van der Waals surface area contributed by atoms with Gasteiger partial charge in [0.05, 0.1) is 37.3 Å². The molecule has 1 saturated carbocycles. The number of carboxylic acids is 1. The van der Waals surface area contributed by atoms with Crippen LogP contribution in [-0.2, 0) is 4.79 Å². The molecule has 1 amide bonds. The third-order valence-electron chi connectivity index (χ3n) is 4.77. The van der Waals surface area contributed by atoms with Crippen LogP contribution in [0.15, 0.2) is 10.5 Å². The molecule has 0 unspecified atom stereocenters. The molecular formula is C18H24BrNO6. The van der Waals surface area contributed by atoms with Crippen molar-refractivity contribution >= 4 is 27.8 Å². The van der Waals surface area contributed by atoms with Gasteiger partial charge in [0.15, 0.2) is 11.5 Å². The van der Waals surface area contributed by atoms with Gasteiger partial charge in [0.1, 0.15) is 0 Å². The van der Waals surface area contributed by atoms with E-state index in [0.717, 1.165) is 19.3 Å². The second-order valence-electron chi connectivity index (χ2n) is 6.21. The highest BCUT2D eigenvalue weighted by atomic mass is 79.9. The Kier molecular flexibility index (Phi) is 7.14. The molecule has 0 aliphatic heterocycles. The number of methoxy groups -OCH3 is 3. The maximum Gasteiger partial charge on any atom is 0.306 e. The summed E-state index contributed by atoms with van der Waals surface area (Å²) < 4.78 is 16.4. The molecule has 1 aromatic carbocycles. The molecular weight excluding hydrogens is 406 g/mol. The number of ether oxygens (including phenoxy) is 3. The van der Waals surface area contributed by atoms with Crippen LogP contribution in [0, 0.1) is 11.8 Å². The number of nitrogens with one attached hydrogen (secondary N) is 1. The smallest absolute Gasteiger partial charge is 0.306 e. The van der Waals surface area contributed by atoms with Gasteiger partial charge in [-0.2, -0.15) is 0 Å². The zero-order valence-corrected chi connectivity index (χ0v) is 16.7. The number of carbonyl (C=O) groups is 2. The fourth-order valence-corrected chi connectivity index (χ4v) is 4.02. The van der Waals surface area contributed by atoms with Crippen molar-refractivity contribution in [3.63, 3.8) is 0 Å². The van der Waals surface area contributed by atoms with E-state index in [-0.39, 0.29) is 11.8 Å². The number of rotatable bonds is 7. The topological polar surface area (TPSA) is 94.1 Å². The third-order valence-corrected chi connectivity index (χ3v) is 5.55. The zero-order valence-electron chi connectivity index (χ0n) is 15.1. The first kappa shape index (κ1) is 20.4. The number of amides is 1. The summed E-state index contributed by atoms with van der Waals surface area (Å²) in [5, 5.41) is 12.2. The molecule has 1 aliphatic rings. The minimum absolute atomic E-state index is 0.0639. The average Bonchev–Trinajstić information content (AvgIpc) is 2.65. The van der Waals surface area contributed by atoms with Crippen molar-refractivity contribution < 1.29 is 28.9 Å². The minimum Gasteiger partial charge on any atom is -0.493 e. The Morgan fingerprint density at radius 2 is 1.81 bits per heavy atom. The number of hydrogen-bond acceptors (Lipinski definition) is 5. The molecule has 0 radical (unpaired) electrons. The van der Waals surface area contributed by atoms with Crippen molar-refractivity contribution in [2.45, 2.75) is 25.7 Å². The van der Waals surface area contributed by atoms with Gasteiger partial charge in [-0.15, -0.1) is 0 Å². The second kappa shape index (κ2) is 9.12. The molecule has 1 fully saturated rings. The molecule has 0 bridgehead atoms. The molecule has 2 atom stereocenters. The molecule has 0 heterocycles. The van der Waals surface area contributed by atoms with Crippen LogP contribution in [0.2, 0.25) is 0 Å². The van der Waals surface area contributed by atoms with Gasteiger partial charge in [0.2, 0.25) is 5.75 Å². The summed E-state index contributed by atoms with van der Waals surface area (Å²) in [7, 11) is 4.44. The highest BCUT2D eigenvalue weighted by molar-refractivity contribution is 9.10. The molecule has 26 heavy (non-hydrogen) atoms. The van der Waals surface area contributed by atoms with Gasteiger partial charge in [-0.25, -0.2) is 0 Å². The molecule has 0 aromatic heterocycles. The number of aliphatic carboxylic acids is 1. The van der Waals surface area contributed by atoms with Gasteiger partial charge in [0.25, 0.3) is 5.91 Å². The van der Waals surface area contributed by atoms with E-state index in [1.807, 2.05) is 0 Å². The van der Waals surface area contributed by atoms with Gasteiger partial charge < -0.3 is 24.6 Å². The Morgan fingerprint density at radius 3 is 2.38 bits per heavy atom. The Hall–Kier alpha value is -1.96. The van der Waals surface area contributed by atoms with Crippen LogP contribution in [0.25, 0.3) is 0 Å². The van der Waals surface area contributed by atoms with Crippen molar-refractivity contribution in [1.82, 2.24) is 5.32 Å². The van der Waals surface area contributed by atoms with Gasteiger partial charge in [0, 0.05) is 6.54 Å². The highest BCUT2D eigenvalue weighted by Gasteiger charge is 2.31. The summed E-state index contributed by atoms with van der Waals surface area (Å²) in [6.45, 7) is 0.318. The lowest BCUT2D eigenvalue weighted by molar-refractivity contribution is -0.144. The maximum absolute atomic E-state index is 12.7. The average molecular weight is 430 g/mol. The maximum atomic E-state index is 12.7. The fourth-order valence-electron chi connectivity index (χ4n) is 3.38. The first-order chi connectivity index (χ1) is 12.4. The lowest BCUT2D eigenvalue weighted by atomic mass is 9.79. The minimum atomic E-state index is -0.794. The molecule has 144 valence electrons. The summed E-state index contributed by atoms with van der Waals surface area (Å²) >= 11 is 3.38. The van der Waals surface area contributed by atoms with E-state index in [2.05, 4.69) is 21.2 Å². The summed E-state index contributed by atoms with van der Waals surface area (Å²) in [5.74, 6) is -0.476. The van der Waals surface area contributed by atoms with Crippen molar-refractivity contribution in [3.8, 4) is 17.2 Å². The van der Waals surface area contributed by atoms with Gasteiger partial charge in [-0.3, -0.25) is 9.59 Å². The van der Waals surface area contributed by atoms with Crippen LogP contribution >= 0.6 is 15.9 Å². The van der Waals surface area contributed by atoms with Crippen LogP contribution < -0.4 is 19.5 Å². The quantitative estimate of drug-likeness (QED) is 0.691.